The van der Waals surface area contributed by atoms with Crippen LogP contribution in [0.5, 0.6) is 0 Å². The Bertz CT molecular complexity index is 736. The van der Waals surface area contributed by atoms with Crippen LogP contribution in [0.2, 0.25) is 0 Å². The van der Waals surface area contributed by atoms with Gasteiger partial charge in [-0.25, -0.2) is 0 Å². The van der Waals surface area contributed by atoms with Crippen molar-refractivity contribution in [1.29, 1.82) is 0 Å². The second kappa shape index (κ2) is 16.3. The van der Waals surface area contributed by atoms with Crippen LogP contribution in [-0.4, -0.2) is 49.2 Å². The molecular formula is C33H54O5. The zero-order chi connectivity index (χ0) is 26.6. The van der Waals surface area contributed by atoms with Crippen LogP contribution in [0.4, 0.5) is 0 Å². The number of allylic oxidation sites excluding steroid dienone is 4. The van der Waals surface area contributed by atoms with E-state index in [0.29, 0.717) is 12.3 Å². The topological polar surface area (TPSA) is 57.2 Å². The number of aliphatic hydroxyl groups is 1. The highest BCUT2D eigenvalue weighted by Crippen LogP contribution is 2.41. The summed E-state index contributed by atoms with van der Waals surface area (Å²) in [6.07, 6.45) is 28.1. The van der Waals surface area contributed by atoms with Gasteiger partial charge in [0.2, 0.25) is 0 Å². The molecule has 38 heavy (non-hydrogen) atoms. The first-order chi connectivity index (χ1) is 18.7. The lowest BCUT2D eigenvalue weighted by Crippen LogP contribution is -2.32. The number of ether oxygens (including phenoxy) is 4. The lowest BCUT2D eigenvalue weighted by atomic mass is 9.88. The molecule has 4 rings (SSSR count). The second-order valence-electron chi connectivity index (χ2n) is 12.0. The van der Waals surface area contributed by atoms with Crippen LogP contribution in [0, 0.1) is 23.7 Å². The molecule has 4 aliphatic rings. The molecule has 0 amide bonds. The maximum Gasteiger partial charge on any atom is 0.158 e. The van der Waals surface area contributed by atoms with Crippen LogP contribution in [-0.2, 0) is 18.9 Å². The summed E-state index contributed by atoms with van der Waals surface area (Å²) in [4.78, 5) is 0. The largest absolute Gasteiger partial charge is 0.392 e. The SMILES string of the molecule is CC=CCC=CC[C@@H]1[C@@H](C=C[C@@H](OC2CCCCO2)C2CCC(CCC)C2)[C@H](O)C[C@@H]1OC1CCCCO1. The first-order valence-corrected chi connectivity index (χ1v) is 15.8. The van der Waals surface area contributed by atoms with Crippen LogP contribution in [0.1, 0.15) is 104 Å². The van der Waals surface area contributed by atoms with Crippen LogP contribution in [0.3, 0.4) is 0 Å². The predicted octanol–water partition coefficient (Wildman–Crippen LogP) is 7.49. The van der Waals surface area contributed by atoms with E-state index in [0.717, 1.165) is 64.1 Å². The lowest BCUT2D eigenvalue weighted by Gasteiger charge is -2.31. The molecular weight excluding hydrogens is 476 g/mol. The van der Waals surface area contributed by atoms with Crippen molar-refractivity contribution >= 4 is 0 Å². The van der Waals surface area contributed by atoms with E-state index in [2.05, 4.69) is 50.3 Å². The van der Waals surface area contributed by atoms with Crippen molar-refractivity contribution in [2.24, 2.45) is 23.7 Å². The Balaban J connectivity index is 1.46. The summed E-state index contributed by atoms with van der Waals surface area (Å²) in [6, 6.07) is 0. The highest BCUT2D eigenvalue weighted by atomic mass is 16.7. The predicted molar refractivity (Wildman–Crippen MR) is 153 cm³/mol. The highest BCUT2D eigenvalue weighted by molar-refractivity contribution is 5.08. The van der Waals surface area contributed by atoms with Crippen LogP contribution in [0.25, 0.3) is 0 Å². The molecule has 0 aromatic heterocycles. The Labute approximate surface area is 232 Å². The van der Waals surface area contributed by atoms with Crippen molar-refractivity contribution in [3.8, 4) is 0 Å². The van der Waals surface area contributed by atoms with Gasteiger partial charge in [-0.05, 0) is 88.9 Å². The van der Waals surface area contributed by atoms with E-state index in [-0.39, 0.29) is 36.6 Å². The van der Waals surface area contributed by atoms with Crippen LogP contribution in [0.15, 0.2) is 36.5 Å². The third-order valence-electron chi connectivity index (χ3n) is 9.15. The minimum Gasteiger partial charge on any atom is -0.392 e. The average Bonchev–Trinajstić information content (AvgIpc) is 3.52. The van der Waals surface area contributed by atoms with Crippen LogP contribution < -0.4 is 0 Å². The first-order valence-electron chi connectivity index (χ1n) is 15.8. The van der Waals surface area contributed by atoms with Gasteiger partial charge in [0.15, 0.2) is 12.6 Å². The van der Waals surface area contributed by atoms with E-state index in [1.54, 1.807) is 0 Å². The Morgan fingerprint density at radius 2 is 1.71 bits per heavy atom. The molecule has 5 heteroatoms. The van der Waals surface area contributed by atoms with Crippen molar-refractivity contribution in [2.45, 2.75) is 135 Å². The zero-order valence-electron chi connectivity index (χ0n) is 24.1. The molecule has 2 saturated carbocycles. The van der Waals surface area contributed by atoms with E-state index in [1.807, 2.05) is 0 Å². The smallest absolute Gasteiger partial charge is 0.158 e. The second-order valence-corrected chi connectivity index (χ2v) is 12.0. The summed E-state index contributed by atoms with van der Waals surface area (Å²) in [5.74, 6) is 1.64. The van der Waals surface area contributed by atoms with Crippen LogP contribution >= 0.6 is 0 Å². The highest BCUT2D eigenvalue weighted by Gasteiger charge is 2.43. The number of hydrogen-bond donors (Lipinski definition) is 1. The molecule has 0 radical (unpaired) electrons. The van der Waals surface area contributed by atoms with Gasteiger partial charge >= 0.3 is 0 Å². The van der Waals surface area contributed by atoms with Gasteiger partial charge in [-0.1, -0.05) is 62.6 Å². The molecule has 2 aliphatic carbocycles. The van der Waals surface area contributed by atoms with Gasteiger partial charge in [-0.15, -0.1) is 0 Å². The molecule has 2 heterocycles. The standard InChI is InChI=1S/C33H54O5/c1-3-5-6-7-8-14-28-27(29(34)24-31(28)38-33-16-10-12-22-36-33)19-20-30(37-32-15-9-11-21-35-32)26-18-17-25(23-26)13-4-2/h3,5,7-8,19-20,25-34H,4,6,9-18,21-24H2,1-2H3/t25?,26?,27-,28-,29-,30-,31+,32?,33?/m1/s1. The lowest BCUT2D eigenvalue weighted by molar-refractivity contribution is -0.195. The van der Waals surface area contributed by atoms with E-state index in [4.69, 9.17) is 18.9 Å². The number of aliphatic hydroxyl groups excluding tert-OH is 1. The Kier molecular flexibility index (Phi) is 12.9. The maximum atomic E-state index is 11.2. The molecule has 2 aliphatic heterocycles. The van der Waals surface area contributed by atoms with Gasteiger partial charge < -0.3 is 24.1 Å². The van der Waals surface area contributed by atoms with Gasteiger partial charge in [0.25, 0.3) is 0 Å². The monoisotopic (exact) mass is 530 g/mol. The Morgan fingerprint density at radius 1 is 0.921 bits per heavy atom. The maximum absolute atomic E-state index is 11.2. The molecule has 5 nitrogen and oxygen atoms in total. The van der Waals surface area contributed by atoms with Crippen molar-refractivity contribution in [3.05, 3.63) is 36.5 Å². The fourth-order valence-electron chi connectivity index (χ4n) is 7.04. The molecule has 2 saturated heterocycles. The van der Waals surface area contributed by atoms with E-state index in [1.165, 1.54) is 38.5 Å². The van der Waals surface area contributed by atoms with Gasteiger partial charge in [0, 0.05) is 25.6 Å². The van der Waals surface area contributed by atoms with Gasteiger partial charge in [0.05, 0.1) is 18.3 Å². The summed E-state index contributed by atoms with van der Waals surface area (Å²) in [6.45, 7) is 5.93. The molecule has 0 bridgehead atoms. The third-order valence-corrected chi connectivity index (χ3v) is 9.15. The van der Waals surface area contributed by atoms with Crippen molar-refractivity contribution in [2.75, 3.05) is 13.2 Å². The van der Waals surface area contributed by atoms with Crippen molar-refractivity contribution < 1.29 is 24.1 Å². The van der Waals surface area contributed by atoms with Crippen molar-refractivity contribution in [1.82, 2.24) is 0 Å². The Morgan fingerprint density at radius 3 is 2.42 bits per heavy atom. The molecule has 0 spiro atoms. The minimum absolute atomic E-state index is 0.00979. The molecule has 1 N–H and O–H groups in total. The summed E-state index contributed by atoms with van der Waals surface area (Å²) in [7, 11) is 0. The molecule has 216 valence electrons. The van der Waals surface area contributed by atoms with E-state index >= 15 is 0 Å². The molecule has 4 unspecified atom stereocenters. The van der Waals surface area contributed by atoms with Gasteiger partial charge in [-0.2, -0.15) is 0 Å². The first kappa shape index (κ1) is 30.0. The zero-order valence-corrected chi connectivity index (χ0v) is 24.1. The normalized spacial score (nSPS) is 37.7. The quantitative estimate of drug-likeness (QED) is 0.250. The fourth-order valence-corrected chi connectivity index (χ4v) is 7.04. The number of hydrogen-bond acceptors (Lipinski definition) is 5. The van der Waals surface area contributed by atoms with Crippen molar-refractivity contribution in [3.63, 3.8) is 0 Å². The summed E-state index contributed by atoms with van der Waals surface area (Å²) in [5, 5.41) is 11.2. The summed E-state index contributed by atoms with van der Waals surface area (Å²) < 4.78 is 25.0. The fraction of sp³-hybridized carbons (Fsp3) is 0.818. The summed E-state index contributed by atoms with van der Waals surface area (Å²) in [5.41, 5.74) is 0. The minimum atomic E-state index is -0.406. The summed E-state index contributed by atoms with van der Waals surface area (Å²) >= 11 is 0. The Hall–Kier alpha value is -0.980. The van der Waals surface area contributed by atoms with Gasteiger partial charge in [0.1, 0.15) is 0 Å². The van der Waals surface area contributed by atoms with E-state index in [9.17, 15) is 5.11 Å². The van der Waals surface area contributed by atoms with E-state index < -0.39 is 6.10 Å². The molecule has 4 fully saturated rings. The number of rotatable bonds is 13. The average molecular weight is 531 g/mol. The van der Waals surface area contributed by atoms with Gasteiger partial charge in [-0.3, -0.25) is 0 Å². The third kappa shape index (κ3) is 9.02. The molecule has 0 aromatic carbocycles. The molecule has 9 atom stereocenters. The molecule has 0 aromatic rings.